The van der Waals surface area contributed by atoms with Crippen molar-refractivity contribution >= 4 is 0 Å². The number of hydrogen-bond acceptors (Lipinski definition) is 1. The van der Waals surface area contributed by atoms with Crippen LogP contribution in [0.25, 0.3) is 0 Å². The fourth-order valence-corrected chi connectivity index (χ4v) is 4.11. The molecule has 0 aliphatic heterocycles. The number of allylic oxidation sites excluding steroid dienone is 1. The molecule has 0 unspecified atom stereocenters. The van der Waals surface area contributed by atoms with Crippen molar-refractivity contribution in [3.63, 3.8) is 0 Å². The van der Waals surface area contributed by atoms with Crippen LogP contribution in [-0.4, -0.2) is 6.61 Å². The van der Waals surface area contributed by atoms with Gasteiger partial charge in [0.2, 0.25) is 0 Å². The van der Waals surface area contributed by atoms with Gasteiger partial charge >= 0.3 is 0 Å². The molecule has 22 heavy (non-hydrogen) atoms. The molecule has 0 bridgehead atoms. The average Bonchev–Trinajstić information content (AvgIpc) is 2.95. The first-order valence-electron chi connectivity index (χ1n) is 8.83. The summed E-state index contributed by atoms with van der Waals surface area (Å²) >= 11 is 0. The minimum atomic E-state index is -0.224. The molecule has 1 fully saturated rings. The van der Waals surface area contributed by atoms with E-state index in [0.29, 0.717) is 17.8 Å². The van der Waals surface area contributed by atoms with E-state index in [-0.39, 0.29) is 5.82 Å². The standard InChI is InChI=1S/C20H27FO/c1-2-6-16-8-9-19(18(21)13-16)22-15-17-7-5-12-20(14-17)10-3-4-11-20/h8-9,13-14H,2-7,10-12,15H2,1H3. The molecule has 1 saturated carbocycles. The van der Waals surface area contributed by atoms with Crippen LogP contribution in [0.4, 0.5) is 4.39 Å². The molecule has 0 saturated heterocycles. The van der Waals surface area contributed by atoms with E-state index in [1.54, 1.807) is 12.1 Å². The van der Waals surface area contributed by atoms with Crippen molar-refractivity contribution in [3.05, 3.63) is 41.2 Å². The van der Waals surface area contributed by atoms with E-state index in [4.69, 9.17) is 4.74 Å². The first kappa shape index (κ1) is 15.6. The van der Waals surface area contributed by atoms with Gasteiger partial charge in [-0.15, -0.1) is 0 Å². The molecule has 1 spiro atoms. The zero-order chi connectivity index (χ0) is 15.4. The van der Waals surface area contributed by atoms with Crippen LogP contribution < -0.4 is 4.74 Å². The van der Waals surface area contributed by atoms with Crippen LogP contribution in [0.2, 0.25) is 0 Å². The van der Waals surface area contributed by atoms with Crippen molar-refractivity contribution in [1.82, 2.24) is 0 Å². The summed E-state index contributed by atoms with van der Waals surface area (Å²) in [6, 6.07) is 5.39. The molecular weight excluding hydrogens is 275 g/mol. The Bertz CT molecular complexity index is 541. The van der Waals surface area contributed by atoms with Gasteiger partial charge in [-0.2, -0.15) is 0 Å². The molecule has 0 heterocycles. The van der Waals surface area contributed by atoms with E-state index in [1.165, 1.54) is 44.1 Å². The third-order valence-electron chi connectivity index (χ3n) is 5.23. The van der Waals surface area contributed by atoms with Gasteiger partial charge in [0.25, 0.3) is 0 Å². The van der Waals surface area contributed by atoms with E-state index < -0.39 is 0 Å². The Hall–Kier alpha value is -1.31. The van der Waals surface area contributed by atoms with E-state index in [2.05, 4.69) is 13.0 Å². The third kappa shape index (κ3) is 3.53. The zero-order valence-corrected chi connectivity index (χ0v) is 13.7. The number of aryl methyl sites for hydroxylation is 1. The van der Waals surface area contributed by atoms with Gasteiger partial charge in [0.1, 0.15) is 6.61 Å². The second-order valence-corrected chi connectivity index (χ2v) is 7.03. The summed E-state index contributed by atoms with van der Waals surface area (Å²) in [6.07, 6.45) is 13.5. The Kier molecular flexibility index (Phi) is 4.85. The molecule has 0 aromatic heterocycles. The van der Waals surface area contributed by atoms with Crippen LogP contribution in [-0.2, 0) is 6.42 Å². The number of ether oxygens (including phenoxy) is 1. The van der Waals surface area contributed by atoms with Crippen molar-refractivity contribution in [2.45, 2.75) is 64.7 Å². The number of benzene rings is 1. The monoisotopic (exact) mass is 302 g/mol. The van der Waals surface area contributed by atoms with Crippen molar-refractivity contribution in [1.29, 1.82) is 0 Å². The van der Waals surface area contributed by atoms with Gasteiger partial charge in [0, 0.05) is 0 Å². The zero-order valence-electron chi connectivity index (χ0n) is 13.7. The second kappa shape index (κ2) is 6.85. The molecule has 0 atom stereocenters. The predicted octanol–water partition coefficient (Wildman–Crippen LogP) is 5.83. The quantitative estimate of drug-likeness (QED) is 0.622. The van der Waals surface area contributed by atoms with Crippen LogP contribution in [0.5, 0.6) is 5.75 Å². The van der Waals surface area contributed by atoms with Gasteiger partial charge in [-0.25, -0.2) is 4.39 Å². The Balaban J connectivity index is 1.63. The third-order valence-corrected chi connectivity index (χ3v) is 5.23. The second-order valence-electron chi connectivity index (χ2n) is 7.03. The lowest BCUT2D eigenvalue weighted by Crippen LogP contribution is -2.19. The maximum Gasteiger partial charge on any atom is 0.165 e. The minimum Gasteiger partial charge on any atom is -0.486 e. The number of hydrogen-bond donors (Lipinski definition) is 0. The van der Waals surface area contributed by atoms with Crippen molar-refractivity contribution in [2.75, 3.05) is 6.61 Å². The van der Waals surface area contributed by atoms with Crippen LogP contribution in [0.1, 0.15) is 63.9 Å². The van der Waals surface area contributed by atoms with Crippen LogP contribution >= 0.6 is 0 Å². The molecule has 2 aliphatic rings. The van der Waals surface area contributed by atoms with E-state index in [1.807, 2.05) is 6.07 Å². The van der Waals surface area contributed by atoms with E-state index >= 15 is 0 Å². The van der Waals surface area contributed by atoms with Crippen LogP contribution in [0.15, 0.2) is 29.8 Å². The summed E-state index contributed by atoms with van der Waals surface area (Å²) in [6.45, 7) is 2.66. The van der Waals surface area contributed by atoms with Crippen LogP contribution in [0.3, 0.4) is 0 Å². The molecule has 0 amide bonds. The summed E-state index contributed by atoms with van der Waals surface area (Å²) in [7, 11) is 0. The first-order chi connectivity index (χ1) is 10.7. The minimum absolute atomic E-state index is 0.224. The summed E-state index contributed by atoms with van der Waals surface area (Å²) in [5.74, 6) is 0.171. The fraction of sp³-hybridized carbons (Fsp3) is 0.600. The summed E-state index contributed by atoms with van der Waals surface area (Å²) < 4.78 is 19.8. The average molecular weight is 302 g/mol. The molecule has 0 radical (unpaired) electrons. The molecule has 2 aliphatic carbocycles. The highest BCUT2D eigenvalue weighted by Crippen LogP contribution is 2.47. The molecule has 2 heteroatoms. The number of halogens is 1. The molecule has 0 N–H and O–H groups in total. The first-order valence-corrected chi connectivity index (χ1v) is 8.83. The lowest BCUT2D eigenvalue weighted by Gasteiger charge is -2.31. The SMILES string of the molecule is CCCc1ccc(OCC2=CC3(CCCC3)CCC2)c(F)c1. The fourth-order valence-electron chi connectivity index (χ4n) is 4.11. The van der Waals surface area contributed by atoms with Crippen molar-refractivity contribution < 1.29 is 9.13 Å². The maximum absolute atomic E-state index is 14.1. The topological polar surface area (TPSA) is 9.23 Å². The molecule has 1 aromatic rings. The highest BCUT2D eigenvalue weighted by Gasteiger charge is 2.33. The molecular formula is C20H27FO. The summed E-state index contributed by atoms with van der Waals surface area (Å²) in [4.78, 5) is 0. The highest BCUT2D eigenvalue weighted by molar-refractivity contribution is 5.30. The maximum atomic E-state index is 14.1. The largest absolute Gasteiger partial charge is 0.486 e. The van der Waals surface area contributed by atoms with Gasteiger partial charge in [-0.3, -0.25) is 0 Å². The molecule has 1 nitrogen and oxygen atoms in total. The van der Waals surface area contributed by atoms with E-state index in [9.17, 15) is 4.39 Å². The Morgan fingerprint density at radius 1 is 1.14 bits per heavy atom. The lowest BCUT2D eigenvalue weighted by atomic mass is 9.75. The Morgan fingerprint density at radius 3 is 2.64 bits per heavy atom. The van der Waals surface area contributed by atoms with E-state index in [0.717, 1.165) is 24.8 Å². The molecule has 1 aromatic carbocycles. The molecule has 120 valence electrons. The summed E-state index contributed by atoms with van der Waals surface area (Å²) in [5.41, 5.74) is 2.86. The van der Waals surface area contributed by atoms with Gasteiger partial charge in [-0.1, -0.05) is 38.3 Å². The van der Waals surface area contributed by atoms with Crippen molar-refractivity contribution in [2.24, 2.45) is 5.41 Å². The summed E-state index contributed by atoms with van der Waals surface area (Å²) in [5, 5.41) is 0. The van der Waals surface area contributed by atoms with Gasteiger partial charge in [0.05, 0.1) is 0 Å². The van der Waals surface area contributed by atoms with Gasteiger partial charge in [0.15, 0.2) is 11.6 Å². The molecule has 3 rings (SSSR count). The normalized spacial score (nSPS) is 20.2. The predicted molar refractivity (Wildman–Crippen MR) is 88.7 cm³/mol. The Labute approximate surface area is 133 Å². The van der Waals surface area contributed by atoms with Crippen molar-refractivity contribution in [3.8, 4) is 5.75 Å². The number of rotatable bonds is 5. The van der Waals surface area contributed by atoms with Gasteiger partial charge in [-0.05, 0) is 67.2 Å². The van der Waals surface area contributed by atoms with Gasteiger partial charge < -0.3 is 4.74 Å². The lowest BCUT2D eigenvalue weighted by molar-refractivity contribution is 0.293. The smallest absolute Gasteiger partial charge is 0.165 e. The highest BCUT2D eigenvalue weighted by atomic mass is 19.1. The van der Waals surface area contributed by atoms with Crippen LogP contribution in [0, 0.1) is 11.2 Å². The Morgan fingerprint density at radius 2 is 1.91 bits per heavy atom.